The van der Waals surface area contributed by atoms with Crippen molar-refractivity contribution in [1.29, 1.82) is 0 Å². The summed E-state index contributed by atoms with van der Waals surface area (Å²) in [6.45, 7) is 2.04. The summed E-state index contributed by atoms with van der Waals surface area (Å²) in [7, 11) is 0. The first-order valence-corrected chi connectivity index (χ1v) is 6.22. The van der Waals surface area contributed by atoms with E-state index >= 15 is 0 Å². The first kappa shape index (κ1) is 10.9. The number of aromatic nitrogens is 2. The fourth-order valence-electron chi connectivity index (χ4n) is 1.76. The summed E-state index contributed by atoms with van der Waals surface area (Å²) in [5.41, 5.74) is 2.19. The molecule has 0 unspecified atom stereocenters. The van der Waals surface area contributed by atoms with Crippen molar-refractivity contribution < 1.29 is 4.42 Å². The zero-order valence-electron chi connectivity index (χ0n) is 8.95. The van der Waals surface area contributed by atoms with Gasteiger partial charge in [0.15, 0.2) is 16.8 Å². The van der Waals surface area contributed by atoms with Crippen molar-refractivity contribution in [3.05, 3.63) is 45.8 Å². The third-order valence-electron chi connectivity index (χ3n) is 2.55. The minimum Gasteiger partial charge on any atom is -0.441 e. The van der Waals surface area contributed by atoms with E-state index in [0.717, 1.165) is 15.9 Å². The maximum Gasteiger partial charge on any atom is 0.194 e. The first-order valence-electron chi connectivity index (χ1n) is 5.05. The Morgan fingerprint density at radius 2 is 2.18 bits per heavy atom. The largest absolute Gasteiger partial charge is 0.441 e. The number of aryl methyl sites for hydroxylation is 1. The van der Waals surface area contributed by atoms with E-state index in [1.54, 1.807) is 6.07 Å². The van der Waals surface area contributed by atoms with Crippen LogP contribution < -0.4 is 0 Å². The Balaban J connectivity index is 2.31. The standard InChI is InChI=1S/C12H8BrClN2O/c1-7-4-5-16-8(6-7)11(13)15-12(16)9-2-3-10(14)17-9/h2-6H,1H3. The zero-order chi connectivity index (χ0) is 12.0. The molecular weight excluding hydrogens is 304 g/mol. The van der Waals surface area contributed by atoms with E-state index in [1.165, 1.54) is 5.56 Å². The van der Waals surface area contributed by atoms with Crippen LogP contribution in [0.3, 0.4) is 0 Å². The number of fused-ring (bicyclic) bond motifs is 1. The van der Waals surface area contributed by atoms with Crippen molar-refractivity contribution in [3.8, 4) is 11.6 Å². The second-order valence-corrected chi connectivity index (χ2v) is 4.91. The minimum atomic E-state index is 0.361. The molecule has 0 amide bonds. The Kier molecular flexibility index (Phi) is 2.49. The maximum atomic E-state index is 5.78. The summed E-state index contributed by atoms with van der Waals surface area (Å²) in [5, 5.41) is 0.361. The molecule has 3 nitrogen and oxygen atoms in total. The Morgan fingerprint density at radius 3 is 2.88 bits per heavy atom. The molecular formula is C12H8BrClN2O. The van der Waals surface area contributed by atoms with Gasteiger partial charge in [-0.25, -0.2) is 4.98 Å². The molecule has 3 aromatic rings. The predicted molar refractivity (Wildman–Crippen MR) is 70.3 cm³/mol. The third-order valence-corrected chi connectivity index (χ3v) is 3.33. The van der Waals surface area contributed by atoms with Crippen LogP contribution in [0.15, 0.2) is 39.5 Å². The number of pyridine rings is 1. The average molecular weight is 312 g/mol. The number of rotatable bonds is 1. The third kappa shape index (κ3) is 1.77. The Morgan fingerprint density at radius 1 is 1.35 bits per heavy atom. The molecule has 17 heavy (non-hydrogen) atoms. The summed E-state index contributed by atoms with van der Waals surface area (Å²) in [6, 6.07) is 7.60. The smallest absolute Gasteiger partial charge is 0.194 e. The molecule has 0 aromatic carbocycles. The molecule has 0 spiro atoms. The molecule has 0 aliphatic heterocycles. The number of hydrogen-bond donors (Lipinski definition) is 0. The van der Waals surface area contributed by atoms with E-state index in [0.29, 0.717) is 11.0 Å². The second-order valence-electron chi connectivity index (χ2n) is 3.79. The van der Waals surface area contributed by atoms with Gasteiger partial charge >= 0.3 is 0 Å². The molecule has 3 heterocycles. The highest BCUT2D eigenvalue weighted by atomic mass is 79.9. The Labute approximate surface area is 111 Å². The van der Waals surface area contributed by atoms with Gasteiger partial charge in [0.05, 0.1) is 5.52 Å². The lowest BCUT2D eigenvalue weighted by atomic mass is 10.3. The van der Waals surface area contributed by atoms with Crippen molar-refractivity contribution in [1.82, 2.24) is 9.38 Å². The maximum absolute atomic E-state index is 5.78. The molecule has 0 aliphatic rings. The van der Waals surface area contributed by atoms with E-state index in [-0.39, 0.29) is 0 Å². The summed E-state index contributed by atoms with van der Waals surface area (Å²) in [6.07, 6.45) is 1.97. The van der Waals surface area contributed by atoms with Gasteiger partial charge in [-0.15, -0.1) is 0 Å². The van der Waals surface area contributed by atoms with Gasteiger partial charge in [-0.3, -0.25) is 4.40 Å². The lowest BCUT2D eigenvalue weighted by molar-refractivity contribution is 0.579. The van der Waals surface area contributed by atoms with Gasteiger partial charge in [0, 0.05) is 6.20 Å². The lowest BCUT2D eigenvalue weighted by Gasteiger charge is -1.98. The molecule has 0 radical (unpaired) electrons. The highest BCUT2D eigenvalue weighted by Crippen LogP contribution is 2.28. The second kappa shape index (κ2) is 3.89. The van der Waals surface area contributed by atoms with Gasteiger partial charge in [-0.05, 0) is 64.3 Å². The van der Waals surface area contributed by atoms with Crippen LogP contribution >= 0.6 is 27.5 Å². The molecule has 0 fully saturated rings. The summed E-state index contributed by atoms with van der Waals surface area (Å²) in [4.78, 5) is 4.44. The van der Waals surface area contributed by atoms with Crippen molar-refractivity contribution in [3.63, 3.8) is 0 Å². The molecule has 0 bridgehead atoms. The van der Waals surface area contributed by atoms with Crippen LogP contribution in [0, 0.1) is 6.92 Å². The van der Waals surface area contributed by atoms with E-state index in [2.05, 4.69) is 27.0 Å². The van der Waals surface area contributed by atoms with Crippen molar-refractivity contribution in [2.24, 2.45) is 0 Å². The highest BCUT2D eigenvalue weighted by Gasteiger charge is 2.13. The topological polar surface area (TPSA) is 30.4 Å². The number of halogens is 2. The molecule has 3 aromatic heterocycles. The molecule has 0 atom stereocenters. The van der Waals surface area contributed by atoms with Gasteiger partial charge in [0.1, 0.15) is 4.60 Å². The van der Waals surface area contributed by atoms with Gasteiger partial charge in [-0.1, -0.05) is 0 Å². The molecule has 0 aliphatic carbocycles. The monoisotopic (exact) mass is 310 g/mol. The van der Waals surface area contributed by atoms with E-state index in [4.69, 9.17) is 16.0 Å². The molecule has 0 saturated heterocycles. The normalized spacial score (nSPS) is 11.2. The quantitative estimate of drug-likeness (QED) is 0.670. The first-order chi connectivity index (χ1) is 8.15. The van der Waals surface area contributed by atoms with Crippen LogP contribution in [0.25, 0.3) is 17.1 Å². The number of nitrogens with zero attached hydrogens (tertiary/aromatic N) is 2. The molecule has 3 rings (SSSR count). The summed E-state index contributed by atoms with van der Waals surface area (Å²) >= 11 is 9.23. The fourth-order valence-corrected chi connectivity index (χ4v) is 2.38. The van der Waals surface area contributed by atoms with Crippen LogP contribution in [-0.4, -0.2) is 9.38 Å². The van der Waals surface area contributed by atoms with Crippen molar-refractivity contribution in [2.45, 2.75) is 6.92 Å². The lowest BCUT2D eigenvalue weighted by Crippen LogP contribution is -1.87. The number of furan rings is 1. The van der Waals surface area contributed by atoms with Crippen LogP contribution in [0.4, 0.5) is 0 Å². The van der Waals surface area contributed by atoms with Crippen LogP contribution in [0.1, 0.15) is 5.56 Å². The number of imidazole rings is 1. The van der Waals surface area contributed by atoms with E-state index in [9.17, 15) is 0 Å². The van der Waals surface area contributed by atoms with E-state index in [1.807, 2.05) is 29.7 Å². The predicted octanol–water partition coefficient (Wildman–Crippen LogP) is 4.32. The fraction of sp³-hybridized carbons (Fsp3) is 0.0833. The van der Waals surface area contributed by atoms with Gasteiger partial charge in [0.2, 0.25) is 0 Å². The van der Waals surface area contributed by atoms with Crippen molar-refractivity contribution in [2.75, 3.05) is 0 Å². The molecule has 5 heteroatoms. The molecule has 86 valence electrons. The molecule has 0 N–H and O–H groups in total. The van der Waals surface area contributed by atoms with Gasteiger partial charge in [-0.2, -0.15) is 0 Å². The zero-order valence-corrected chi connectivity index (χ0v) is 11.3. The Hall–Kier alpha value is -1.26. The molecule has 0 saturated carbocycles. The SMILES string of the molecule is Cc1ccn2c(-c3ccc(Cl)o3)nc(Br)c2c1. The summed E-state index contributed by atoms with van der Waals surface area (Å²) in [5.74, 6) is 1.39. The van der Waals surface area contributed by atoms with Crippen LogP contribution in [0.2, 0.25) is 5.22 Å². The van der Waals surface area contributed by atoms with Gasteiger partial charge in [0.25, 0.3) is 0 Å². The van der Waals surface area contributed by atoms with Crippen LogP contribution in [0.5, 0.6) is 0 Å². The van der Waals surface area contributed by atoms with Crippen molar-refractivity contribution >= 4 is 33.0 Å². The minimum absolute atomic E-state index is 0.361. The van der Waals surface area contributed by atoms with Crippen LogP contribution in [-0.2, 0) is 0 Å². The average Bonchev–Trinajstić information content (AvgIpc) is 2.84. The highest BCUT2D eigenvalue weighted by molar-refractivity contribution is 9.10. The summed E-state index contributed by atoms with van der Waals surface area (Å²) < 4.78 is 8.14. The Bertz CT molecular complexity index is 702. The van der Waals surface area contributed by atoms with Gasteiger partial charge < -0.3 is 4.42 Å². The van der Waals surface area contributed by atoms with E-state index < -0.39 is 0 Å². The number of hydrogen-bond acceptors (Lipinski definition) is 2.